The van der Waals surface area contributed by atoms with Gasteiger partial charge in [-0.25, -0.2) is 4.79 Å². The second kappa shape index (κ2) is 10.6. The number of ether oxygens (including phenoxy) is 4. The van der Waals surface area contributed by atoms with E-state index in [-0.39, 0.29) is 29.1 Å². The maximum absolute atomic E-state index is 12.6. The summed E-state index contributed by atoms with van der Waals surface area (Å²) in [5.41, 5.74) is 1.71. The summed E-state index contributed by atoms with van der Waals surface area (Å²) in [6, 6.07) is 10.6. The number of hydrogen-bond acceptors (Lipinski definition) is 12. The highest BCUT2D eigenvalue weighted by Crippen LogP contribution is 2.46. The number of hydrogen-bond donors (Lipinski definition) is 6. The Labute approximate surface area is 225 Å². The lowest BCUT2D eigenvalue weighted by Gasteiger charge is -2.40. The molecule has 2 heterocycles. The number of carboxylic acid groups (broad SMARTS) is 1. The first kappa shape index (κ1) is 27.1. The lowest BCUT2D eigenvalue weighted by atomic mass is 9.90. The second-order valence-electron chi connectivity index (χ2n) is 9.30. The summed E-state index contributed by atoms with van der Waals surface area (Å²) in [7, 11) is 0. The number of aliphatic carboxylic acids is 1. The van der Waals surface area contributed by atoms with Crippen LogP contribution < -0.4 is 4.74 Å². The van der Waals surface area contributed by atoms with Crippen molar-refractivity contribution in [1.82, 2.24) is 0 Å². The molecule has 0 spiro atoms. The van der Waals surface area contributed by atoms with E-state index >= 15 is 0 Å². The van der Waals surface area contributed by atoms with Gasteiger partial charge in [-0.3, -0.25) is 9.59 Å². The maximum Gasteiger partial charge on any atom is 0.339 e. The predicted octanol–water partition coefficient (Wildman–Crippen LogP) is 0.793. The van der Waals surface area contributed by atoms with E-state index in [2.05, 4.69) is 0 Å². The standard InChI is InChI=1S/C27H24O13/c28-13-3-1-11(2-4-13)14-5-6-15-20-12(9-38-26(15)36)7-16(29)25(21(14)20)40-27-24(35)23(34)22(33)17(39-27)10-37-19(32)8-18(30)31/h1-7,17,22-24,27-29,33-35H,8-10H2,(H,30,31)/t17-,22-,23+,24-,27-/m1/s1. The van der Waals surface area contributed by atoms with E-state index in [0.29, 0.717) is 22.1 Å². The van der Waals surface area contributed by atoms with Gasteiger partial charge >= 0.3 is 17.9 Å². The number of cyclic esters (lactones) is 1. The van der Waals surface area contributed by atoms with Crippen molar-refractivity contribution < 1.29 is 64.0 Å². The monoisotopic (exact) mass is 556 g/mol. The van der Waals surface area contributed by atoms with E-state index in [1.54, 1.807) is 24.3 Å². The third kappa shape index (κ3) is 4.98. The van der Waals surface area contributed by atoms with Gasteiger partial charge in [0.05, 0.1) is 5.56 Å². The molecule has 6 N–H and O–H groups in total. The fourth-order valence-corrected chi connectivity index (χ4v) is 4.73. The SMILES string of the molecule is O=C(O)CC(=O)OC[C@H]1O[C@H](Oc2c(O)cc3c4c(ccc(-c5ccc(O)cc5)c24)C(=O)OC3)[C@H](O)[C@@H](O)[C@@H]1O. The van der Waals surface area contributed by atoms with Crippen LogP contribution in [-0.2, 0) is 30.4 Å². The first-order valence-corrected chi connectivity index (χ1v) is 12.1. The first-order chi connectivity index (χ1) is 19.0. The number of phenols is 2. The van der Waals surface area contributed by atoms with Crippen molar-refractivity contribution in [3.63, 3.8) is 0 Å². The largest absolute Gasteiger partial charge is 0.508 e. The van der Waals surface area contributed by atoms with Crippen LogP contribution in [-0.4, -0.2) is 85.9 Å². The van der Waals surface area contributed by atoms with Crippen LogP contribution in [0.3, 0.4) is 0 Å². The van der Waals surface area contributed by atoms with Gasteiger partial charge in [-0.05, 0) is 35.4 Å². The van der Waals surface area contributed by atoms with Crippen LogP contribution >= 0.6 is 0 Å². The summed E-state index contributed by atoms with van der Waals surface area (Å²) in [6.45, 7) is -0.802. The van der Waals surface area contributed by atoms with Gasteiger partial charge in [0.25, 0.3) is 0 Å². The van der Waals surface area contributed by atoms with E-state index in [1.165, 1.54) is 18.2 Å². The van der Waals surface area contributed by atoms with Gasteiger partial charge in [0.1, 0.15) is 49.8 Å². The molecule has 2 aliphatic rings. The van der Waals surface area contributed by atoms with Gasteiger partial charge in [-0.15, -0.1) is 0 Å². The normalized spacial score (nSPS) is 23.9. The summed E-state index contributed by atoms with van der Waals surface area (Å²) in [5.74, 6) is -3.80. The van der Waals surface area contributed by atoms with Gasteiger partial charge in [0.15, 0.2) is 11.5 Å². The molecule has 5 atom stereocenters. The second-order valence-corrected chi connectivity index (χ2v) is 9.30. The molecule has 13 heteroatoms. The number of benzene rings is 3. The van der Waals surface area contributed by atoms with E-state index in [0.717, 1.165) is 0 Å². The predicted molar refractivity (Wildman–Crippen MR) is 132 cm³/mol. The van der Waals surface area contributed by atoms with Gasteiger partial charge in [-0.2, -0.15) is 0 Å². The Morgan fingerprint density at radius 2 is 1.62 bits per heavy atom. The van der Waals surface area contributed by atoms with Gasteiger partial charge < -0.3 is 49.6 Å². The Hall–Kier alpha value is -4.43. The van der Waals surface area contributed by atoms with Crippen molar-refractivity contribution in [2.24, 2.45) is 0 Å². The average molecular weight is 556 g/mol. The number of carboxylic acids is 1. The minimum Gasteiger partial charge on any atom is -0.508 e. The van der Waals surface area contributed by atoms with Crippen LogP contribution in [0.2, 0.25) is 0 Å². The number of aromatic hydroxyl groups is 2. The topological polar surface area (TPSA) is 210 Å². The van der Waals surface area contributed by atoms with Crippen LogP contribution in [0, 0.1) is 0 Å². The third-order valence-electron chi connectivity index (χ3n) is 6.66. The van der Waals surface area contributed by atoms with Crippen molar-refractivity contribution in [2.75, 3.05) is 6.61 Å². The quantitative estimate of drug-likeness (QED) is 0.176. The van der Waals surface area contributed by atoms with Crippen molar-refractivity contribution in [3.05, 3.63) is 53.6 Å². The Morgan fingerprint density at radius 3 is 2.33 bits per heavy atom. The number of aliphatic hydroxyl groups excluding tert-OH is 3. The zero-order valence-corrected chi connectivity index (χ0v) is 20.6. The number of rotatable bonds is 7. The third-order valence-corrected chi connectivity index (χ3v) is 6.66. The van der Waals surface area contributed by atoms with E-state index in [1.807, 2.05) is 0 Å². The fourth-order valence-electron chi connectivity index (χ4n) is 4.73. The molecule has 5 rings (SSSR count). The van der Waals surface area contributed by atoms with E-state index in [4.69, 9.17) is 24.1 Å². The van der Waals surface area contributed by atoms with Gasteiger partial charge in [0.2, 0.25) is 6.29 Å². The Kier molecular flexibility index (Phi) is 7.21. The first-order valence-electron chi connectivity index (χ1n) is 12.1. The molecule has 0 bridgehead atoms. The molecule has 3 aromatic carbocycles. The minimum absolute atomic E-state index is 0.00995. The Balaban J connectivity index is 1.56. The number of carbonyl (C=O) groups is 3. The summed E-state index contributed by atoms with van der Waals surface area (Å²) in [4.78, 5) is 34.9. The minimum atomic E-state index is -1.84. The van der Waals surface area contributed by atoms with Crippen LogP contribution in [0.5, 0.6) is 17.2 Å². The molecule has 0 saturated carbocycles. The molecule has 0 aliphatic carbocycles. The smallest absolute Gasteiger partial charge is 0.339 e. The average Bonchev–Trinajstić information content (AvgIpc) is 2.91. The molecule has 2 aliphatic heterocycles. The van der Waals surface area contributed by atoms with Crippen LogP contribution in [0.25, 0.3) is 21.9 Å². The van der Waals surface area contributed by atoms with Crippen LogP contribution in [0.4, 0.5) is 0 Å². The fraction of sp³-hybridized carbons (Fsp3) is 0.296. The van der Waals surface area contributed by atoms with Crippen molar-refractivity contribution in [1.29, 1.82) is 0 Å². The summed E-state index contributed by atoms with van der Waals surface area (Å²) < 4.78 is 21.5. The molecule has 3 aromatic rings. The van der Waals surface area contributed by atoms with E-state index < -0.39 is 67.4 Å². The van der Waals surface area contributed by atoms with Crippen molar-refractivity contribution in [3.8, 4) is 28.4 Å². The zero-order valence-electron chi connectivity index (χ0n) is 20.6. The van der Waals surface area contributed by atoms with Crippen molar-refractivity contribution >= 4 is 28.7 Å². The highest BCUT2D eigenvalue weighted by atomic mass is 16.7. The molecular weight excluding hydrogens is 532 g/mol. The molecule has 40 heavy (non-hydrogen) atoms. The molecular formula is C27H24O13. The highest BCUT2D eigenvalue weighted by molar-refractivity contribution is 6.14. The zero-order chi connectivity index (χ0) is 28.7. The molecule has 210 valence electrons. The van der Waals surface area contributed by atoms with Crippen molar-refractivity contribution in [2.45, 2.75) is 43.7 Å². The maximum atomic E-state index is 12.6. The summed E-state index contributed by atoms with van der Waals surface area (Å²) in [5, 5.41) is 61.6. The number of esters is 2. The summed E-state index contributed by atoms with van der Waals surface area (Å²) in [6.07, 6.45) is -9.50. The van der Waals surface area contributed by atoms with Gasteiger partial charge in [0, 0.05) is 16.3 Å². The lowest BCUT2D eigenvalue weighted by molar-refractivity contribution is -0.278. The molecule has 0 radical (unpaired) electrons. The molecule has 13 nitrogen and oxygen atoms in total. The molecule has 1 saturated heterocycles. The Morgan fingerprint density at radius 1 is 0.925 bits per heavy atom. The Bertz CT molecular complexity index is 1480. The number of carbonyl (C=O) groups excluding carboxylic acids is 2. The van der Waals surface area contributed by atoms with Gasteiger partial charge in [-0.1, -0.05) is 18.2 Å². The van der Waals surface area contributed by atoms with E-state index in [9.17, 15) is 39.9 Å². The molecule has 0 aromatic heterocycles. The highest BCUT2D eigenvalue weighted by Gasteiger charge is 2.46. The number of phenolic OH excluding ortho intramolecular Hbond substituents is 2. The molecule has 0 unspecified atom stereocenters. The molecule has 1 fully saturated rings. The summed E-state index contributed by atoms with van der Waals surface area (Å²) >= 11 is 0. The van der Waals surface area contributed by atoms with Crippen LogP contribution in [0.15, 0.2) is 42.5 Å². The molecule has 0 amide bonds. The number of aliphatic hydroxyl groups is 3. The van der Waals surface area contributed by atoms with Crippen LogP contribution in [0.1, 0.15) is 22.3 Å². The lowest BCUT2D eigenvalue weighted by Crippen LogP contribution is -2.60.